The molecule has 216 valence electrons. The number of hydrogen-bond donors (Lipinski definition) is 2. The van der Waals surface area contributed by atoms with E-state index in [0.29, 0.717) is 18.9 Å². The molecule has 3 atom stereocenters. The van der Waals surface area contributed by atoms with Crippen LogP contribution in [0, 0.1) is 11.8 Å². The molecule has 0 spiro atoms. The van der Waals surface area contributed by atoms with Crippen molar-refractivity contribution in [3.63, 3.8) is 0 Å². The van der Waals surface area contributed by atoms with E-state index in [-0.39, 0.29) is 31.2 Å². The highest BCUT2D eigenvalue weighted by Crippen LogP contribution is 2.31. The standard InChI is InChI=1S/C30H46N4O5/c1-22(2)21-33(30(37)23(3)31)34(27(35)19-18-25-13-9-14-25)26(16-10-15-24-11-5-4-6-12-24)29(36)32-39-28-17-7-8-20-38-28/h4-6,10-12,15,22-23,25-26,28H,7-9,13-14,16-21,31H2,1-3H3,(H,32,36)/t23-,26+,28?/m1/s1. The Morgan fingerprint density at radius 3 is 2.44 bits per heavy atom. The van der Waals surface area contributed by atoms with Crippen LogP contribution in [0.1, 0.15) is 84.1 Å². The molecular formula is C30H46N4O5. The second kappa shape index (κ2) is 15.7. The lowest BCUT2D eigenvalue weighted by Gasteiger charge is -2.41. The normalized spacial score (nSPS) is 19.4. The second-order valence-electron chi connectivity index (χ2n) is 11.1. The summed E-state index contributed by atoms with van der Waals surface area (Å²) in [7, 11) is 0. The first-order valence-electron chi connectivity index (χ1n) is 14.4. The number of ether oxygens (including phenoxy) is 1. The molecule has 3 N–H and O–H groups in total. The van der Waals surface area contributed by atoms with Crippen LogP contribution in [-0.4, -0.2) is 59.3 Å². The molecule has 1 aromatic carbocycles. The average molecular weight is 543 g/mol. The molecule has 1 aliphatic carbocycles. The Balaban J connectivity index is 1.90. The number of amides is 3. The van der Waals surface area contributed by atoms with Crippen molar-refractivity contribution < 1.29 is 24.0 Å². The Labute approximate surface area is 233 Å². The van der Waals surface area contributed by atoms with Crippen molar-refractivity contribution in [3.8, 4) is 0 Å². The van der Waals surface area contributed by atoms with Gasteiger partial charge in [-0.15, -0.1) is 0 Å². The Hall–Kier alpha value is -2.75. The number of hydrogen-bond acceptors (Lipinski definition) is 6. The molecule has 1 unspecified atom stereocenters. The Morgan fingerprint density at radius 1 is 1.10 bits per heavy atom. The molecule has 1 aliphatic heterocycles. The predicted octanol–water partition coefficient (Wildman–Crippen LogP) is 4.19. The number of rotatable bonds is 13. The summed E-state index contributed by atoms with van der Waals surface area (Å²) in [6.07, 6.45) is 10.4. The van der Waals surface area contributed by atoms with Crippen LogP contribution in [0.4, 0.5) is 0 Å². The Morgan fingerprint density at radius 2 is 1.85 bits per heavy atom. The highest BCUT2D eigenvalue weighted by atomic mass is 16.8. The van der Waals surface area contributed by atoms with Crippen molar-refractivity contribution in [1.29, 1.82) is 0 Å². The molecule has 0 radical (unpaired) electrons. The van der Waals surface area contributed by atoms with E-state index in [4.69, 9.17) is 15.3 Å². The predicted molar refractivity (Wildman–Crippen MR) is 150 cm³/mol. The van der Waals surface area contributed by atoms with Gasteiger partial charge in [-0.2, -0.15) is 0 Å². The minimum Gasteiger partial charge on any atom is -0.350 e. The lowest BCUT2D eigenvalue weighted by atomic mass is 9.82. The van der Waals surface area contributed by atoms with E-state index < -0.39 is 30.2 Å². The molecule has 39 heavy (non-hydrogen) atoms. The number of nitrogens with one attached hydrogen (secondary N) is 1. The number of nitrogens with zero attached hydrogens (tertiary/aromatic N) is 2. The summed E-state index contributed by atoms with van der Waals surface area (Å²) in [5.41, 5.74) is 9.54. The molecule has 1 heterocycles. The molecule has 1 saturated heterocycles. The zero-order valence-electron chi connectivity index (χ0n) is 23.7. The number of carbonyl (C=O) groups is 3. The molecule has 9 heteroatoms. The van der Waals surface area contributed by atoms with Crippen LogP contribution in [0.25, 0.3) is 6.08 Å². The number of nitrogens with two attached hydrogens (primary N) is 1. The van der Waals surface area contributed by atoms with Crippen LogP contribution in [0.2, 0.25) is 0 Å². The van der Waals surface area contributed by atoms with Gasteiger partial charge in [-0.1, -0.05) is 75.6 Å². The van der Waals surface area contributed by atoms with E-state index in [1.807, 2.05) is 56.3 Å². The summed E-state index contributed by atoms with van der Waals surface area (Å²) in [5.74, 6) is -0.619. The molecule has 0 aromatic heterocycles. The minimum absolute atomic E-state index is 0.0464. The van der Waals surface area contributed by atoms with Crippen molar-refractivity contribution in [2.45, 2.75) is 96.9 Å². The monoisotopic (exact) mass is 542 g/mol. The van der Waals surface area contributed by atoms with Crippen LogP contribution in [0.15, 0.2) is 36.4 Å². The van der Waals surface area contributed by atoms with Crippen LogP contribution < -0.4 is 11.2 Å². The van der Waals surface area contributed by atoms with Gasteiger partial charge in [0.1, 0.15) is 6.04 Å². The van der Waals surface area contributed by atoms with E-state index in [1.165, 1.54) is 16.4 Å². The van der Waals surface area contributed by atoms with Crippen molar-refractivity contribution in [2.75, 3.05) is 13.2 Å². The van der Waals surface area contributed by atoms with Crippen LogP contribution in [-0.2, 0) is 24.0 Å². The maximum Gasteiger partial charge on any atom is 0.268 e. The quantitative estimate of drug-likeness (QED) is 0.361. The largest absolute Gasteiger partial charge is 0.350 e. The number of benzene rings is 1. The smallest absolute Gasteiger partial charge is 0.268 e. The molecule has 2 aliphatic rings. The third-order valence-electron chi connectivity index (χ3n) is 7.18. The number of hydroxylamine groups is 1. The second-order valence-corrected chi connectivity index (χ2v) is 11.1. The summed E-state index contributed by atoms with van der Waals surface area (Å²) in [4.78, 5) is 46.5. The van der Waals surface area contributed by atoms with Crippen molar-refractivity contribution in [1.82, 2.24) is 15.5 Å². The van der Waals surface area contributed by atoms with Gasteiger partial charge < -0.3 is 10.5 Å². The lowest BCUT2D eigenvalue weighted by molar-refractivity contribution is -0.206. The SMILES string of the molecule is CC(C)CN(C(=O)[C@@H](C)N)N(C(=O)CCC1CCC1)[C@@H](CC=Cc1ccccc1)C(=O)NOC1CCCCO1. The van der Waals surface area contributed by atoms with Crippen LogP contribution in [0.3, 0.4) is 0 Å². The van der Waals surface area contributed by atoms with Gasteiger partial charge in [-0.3, -0.25) is 14.4 Å². The lowest BCUT2D eigenvalue weighted by Crippen LogP contribution is -2.62. The van der Waals surface area contributed by atoms with E-state index >= 15 is 0 Å². The zero-order valence-corrected chi connectivity index (χ0v) is 23.7. The first-order chi connectivity index (χ1) is 18.8. The summed E-state index contributed by atoms with van der Waals surface area (Å²) >= 11 is 0. The summed E-state index contributed by atoms with van der Waals surface area (Å²) in [6.45, 7) is 6.36. The maximum absolute atomic E-state index is 13.8. The van der Waals surface area contributed by atoms with Gasteiger partial charge in [0.15, 0.2) is 6.29 Å². The molecular weight excluding hydrogens is 496 g/mol. The molecule has 1 saturated carbocycles. The fourth-order valence-electron chi connectivity index (χ4n) is 4.78. The highest BCUT2D eigenvalue weighted by Gasteiger charge is 2.38. The number of hydrazine groups is 1. The summed E-state index contributed by atoms with van der Waals surface area (Å²) in [6, 6.07) is 7.88. The molecule has 9 nitrogen and oxygen atoms in total. The van der Waals surface area contributed by atoms with E-state index in [2.05, 4.69) is 5.48 Å². The van der Waals surface area contributed by atoms with Gasteiger partial charge in [0, 0.05) is 26.0 Å². The first-order valence-corrected chi connectivity index (χ1v) is 14.4. The van der Waals surface area contributed by atoms with Crippen LogP contribution in [0.5, 0.6) is 0 Å². The zero-order chi connectivity index (χ0) is 28.2. The van der Waals surface area contributed by atoms with Gasteiger partial charge in [0.05, 0.1) is 6.04 Å². The molecule has 2 fully saturated rings. The van der Waals surface area contributed by atoms with E-state index in [9.17, 15) is 14.4 Å². The van der Waals surface area contributed by atoms with E-state index in [0.717, 1.165) is 37.7 Å². The summed E-state index contributed by atoms with van der Waals surface area (Å²) < 4.78 is 5.60. The molecule has 3 rings (SSSR count). The van der Waals surface area contributed by atoms with Crippen molar-refractivity contribution in [2.24, 2.45) is 17.6 Å². The van der Waals surface area contributed by atoms with Gasteiger partial charge >= 0.3 is 0 Å². The maximum atomic E-state index is 13.8. The van der Waals surface area contributed by atoms with Gasteiger partial charge in [-0.25, -0.2) is 20.3 Å². The average Bonchev–Trinajstić information content (AvgIpc) is 2.90. The highest BCUT2D eigenvalue weighted by molar-refractivity contribution is 5.90. The Kier molecular flexibility index (Phi) is 12.4. The van der Waals surface area contributed by atoms with Gasteiger partial charge in [0.25, 0.3) is 11.8 Å². The van der Waals surface area contributed by atoms with Crippen molar-refractivity contribution >= 4 is 23.8 Å². The van der Waals surface area contributed by atoms with E-state index in [1.54, 1.807) is 6.92 Å². The fourth-order valence-corrected chi connectivity index (χ4v) is 4.78. The summed E-state index contributed by atoms with van der Waals surface area (Å²) in [5, 5.41) is 2.73. The van der Waals surface area contributed by atoms with Gasteiger partial charge in [-0.05, 0) is 50.0 Å². The minimum atomic E-state index is -1.01. The molecule has 1 aromatic rings. The van der Waals surface area contributed by atoms with Gasteiger partial charge in [0.2, 0.25) is 5.91 Å². The molecule has 3 amide bonds. The third-order valence-corrected chi connectivity index (χ3v) is 7.18. The fraction of sp³-hybridized carbons (Fsp3) is 0.633. The van der Waals surface area contributed by atoms with Crippen molar-refractivity contribution in [3.05, 3.63) is 42.0 Å². The Bertz CT molecular complexity index is 942. The number of carbonyl (C=O) groups excluding carboxylic acids is 3. The van der Waals surface area contributed by atoms with Crippen LogP contribution >= 0.6 is 0 Å². The first kappa shape index (κ1) is 30.8. The third kappa shape index (κ3) is 9.74. The topological polar surface area (TPSA) is 114 Å². The molecule has 0 bridgehead atoms.